The van der Waals surface area contributed by atoms with Crippen LogP contribution in [-0.2, 0) is 10.2 Å². The Bertz CT molecular complexity index is 525. The minimum Gasteiger partial charge on any atom is -0.444 e. The van der Waals surface area contributed by atoms with Crippen molar-refractivity contribution in [2.45, 2.75) is 58.6 Å². The highest BCUT2D eigenvalue weighted by Gasteiger charge is 2.31. The Morgan fingerprint density at radius 3 is 2.59 bits per heavy atom. The van der Waals surface area contributed by atoms with Gasteiger partial charge in [0.1, 0.15) is 5.60 Å². The minimum atomic E-state index is -0.469. The molecule has 1 unspecified atom stereocenters. The van der Waals surface area contributed by atoms with Crippen molar-refractivity contribution >= 4 is 6.09 Å². The predicted octanol–water partition coefficient (Wildman–Crippen LogP) is 2.59. The molecular formula is C16H28N4O2. The molecular weight excluding hydrogens is 280 g/mol. The first-order chi connectivity index (χ1) is 10.1. The summed E-state index contributed by atoms with van der Waals surface area (Å²) in [6.45, 7) is 14.1. The van der Waals surface area contributed by atoms with Gasteiger partial charge in [0.25, 0.3) is 0 Å². The summed E-state index contributed by atoms with van der Waals surface area (Å²) < 4.78 is 5.48. The number of carbonyl (C=O) groups excluding carboxylic acids is 1. The summed E-state index contributed by atoms with van der Waals surface area (Å²) in [5.41, 5.74) is 1.75. The van der Waals surface area contributed by atoms with Crippen molar-refractivity contribution in [3.05, 3.63) is 17.5 Å². The quantitative estimate of drug-likeness (QED) is 0.836. The zero-order valence-corrected chi connectivity index (χ0v) is 14.5. The van der Waals surface area contributed by atoms with Crippen molar-refractivity contribution in [1.82, 2.24) is 20.4 Å². The van der Waals surface area contributed by atoms with Crippen molar-refractivity contribution in [2.75, 3.05) is 19.6 Å². The van der Waals surface area contributed by atoms with Gasteiger partial charge in [-0.15, -0.1) is 0 Å². The van der Waals surface area contributed by atoms with Crippen LogP contribution in [0.15, 0.2) is 6.20 Å². The van der Waals surface area contributed by atoms with E-state index >= 15 is 0 Å². The van der Waals surface area contributed by atoms with Crippen LogP contribution < -0.4 is 5.32 Å². The third kappa shape index (κ3) is 4.00. The van der Waals surface area contributed by atoms with Crippen LogP contribution in [0.2, 0.25) is 0 Å². The fourth-order valence-corrected chi connectivity index (χ4v) is 2.61. The van der Waals surface area contributed by atoms with E-state index in [4.69, 9.17) is 4.74 Å². The molecule has 1 fully saturated rings. The maximum atomic E-state index is 12.3. The van der Waals surface area contributed by atoms with Gasteiger partial charge in [0.15, 0.2) is 0 Å². The van der Waals surface area contributed by atoms with Crippen LogP contribution in [0.4, 0.5) is 4.79 Å². The summed E-state index contributed by atoms with van der Waals surface area (Å²) in [5.74, 6) is 0. The second-order valence-electron chi connectivity index (χ2n) is 7.88. The predicted molar refractivity (Wildman–Crippen MR) is 85.8 cm³/mol. The van der Waals surface area contributed by atoms with Gasteiger partial charge in [-0.3, -0.25) is 5.10 Å². The maximum absolute atomic E-state index is 12.3. The van der Waals surface area contributed by atoms with E-state index in [2.05, 4.69) is 36.3 Å². The van der Waals surface area contributed by atoms with Crippen molar-refractivity contribution < 1.29 is 9.53 Å². The van der Waals surface area contributed by atoms with E-state index in [1.165, 1.54) is 0 Å². The third-order valence-electron chi connectivity index (χ3n) is 3.62. The summed E-state index contributed by atoms with van der Waals surface area (Å²) in [4.78, 5) is 14.0. The first-order valence-electron chi connectivity index (χ1n) is 7.83. The number of hydrogen-bond donors (Lipinski definition) is 2. The topological polar surface area (TPSA) is 70.2 Å². The van der Waals surface area contributed by atoms with Crippen LogP contribution in [-0.4, -0.2) is 46.4 Å². The molecule has 0 spiro atoms. The molecule has 1 amide bonds. The Morgan fingerprint density at radius 2 is 2.00 bits per heavy atom. The number of H-pyrrole nitrogens is 1. The van der Waals surface area contributed by atoms with Crippen molar-refractivity contribution in [3.63, 3.8) is 0 Å². The molecule has 6 heteroatoms. The largest absolute Gasteiger partial charge is 0.444 e. The molecule has 2 heterocycles. The fourth-order valence-electron chi connectivity index (χ4n) is 2.61. The molecule has 1 aromatic rings. The third-order valence-corrected chi connectivity index (χ3v) is 3.62. The van der Waals surface area contributed by atoms with Crippen LogP contribution >= 0.6 is 0 Å². The molecule has 0 bridgehead atoms. The molecule has 22 heavy (non-hydrogen) atoms. The average molecular weight is 308 g/mol. The van der Waals surface area contributed by atoms with Gasteiger partial charge in [-0.1, -0.05) is 20.8 Å². The van der Waals surface area contributed by atoms with E-state index < -0.39 is 5.60 Å². The molecule has 1 atom stereocenters. The van der Waals surface area contributed by atoms with E-state index in [0.29, 0.717) is 13.1 Å². The number of nitrogens with zero attached hydrogens (tertiary/aromatic N) is 2. The number of nitrogens with one attached hydrogen (secondary N) is 2. The molecule has 1 aliphatic heterocycles. The van der Waals surface area contributed by atoms with Crippen LogP contribution in [0.5, 0.6) is 0 Å². The van der Waals surface area contributed by atoms with Gasteiger partial charge in [-0.05, 0) is 20.8 Å². The van der Waals surface area contributed by atoms with E-state index in [1.54, 1.807) is 4.90 Å². The molecule has 1 aromatic heterocycles. The van der Waals surface area contributed by atoms with Crippen LogP contribution in [0.25, 0.3) is 0 Å². The second kappa shape index (κ2) is 5.91. The summed E-state index contributed by atoms with van der Waals surface area (Å²) in [5, 5.41) is 10.8. The molecule has 2 rings (SSSR count). The van der Waals surface area contributed by atoms with Crippen LogP contribution in [0, 0.1) is 0 Å². The van der Waals surface area contributed by atoms with Gasteiger partial charge in [-0.2, -0.15) is 5.10 Å². The Morgan fingerprint density at radius 1 is 1.32 bits per heavy atom. The maximum Gasteiger partial charge on any atom is 0.410 e. The fraction of sp³-hybridized carbons (Fsp3) is 0.750. The lowest BCUT2D eigenvalue weighted by atomic mass is 9.87. The lowest BCUT2D eigenvalue weighted by molar-refractivity contribution is 0.0194. The van der Waals surface area contributed by atoms with Gasteiger partial charge in [0, 0.05) is 36.3 Å². The molecule has 1 aliphatic rings. The van der Waals surface area contributed by atoms with Gasteiger partial charge in [0.05, 0.1) is 12.2 Å². The first kappa shape index (κ1) is 16.8. The highest BCUT2D eigenvalue weighted by Crippen LogP contribution is 2.29. The number of aromatic nitrogens is 2. The highest BCUT2D eigenvalue weighted by molar-refractivity contribution is 5.68. The number of carbonyl (C=O) groups is 1. The lowest BCUT2D eigenvalue weighted by Gasteiger charge is -2.35. The van der Waals surface area contributed by atoms with Crippen molar-refractivity contribution in [3.8, 4) is 0 Å². The van der Waals surface area contributed by atoms with Gasteiger partial charge >= 0.3 is 6.09 Å². The van der Waals surface area contributed by atoms with Crippen molar-refractivity contribution in [2.24, 2.45) is 0 Å². The van der Waals surface area contributed by atoms with Crippen LogP contribution in [0.3, 0.4) is 0 Å². The van der Waals surface area contributed by atoms with Crippen molar-refractivity contribution in [1.29, 1.82) is 0 Å². The number of rotatable bonds is 1. The SMILES string of the molecule is CC(C)(C)OC(=O)N1CCNC(c2cn[nH]c2C(C)(C)C)C1. The summed E-state index contributed by atoms with van der Waals surface area (Å²) >= 11 is 0. The Hall–Kier alpha value is -1.56. The van der Waals surface area contributed by atoms with Gasteiger partial charge < -0.3 is 15.0 Å². The molecule has 0 radical (unpaired) electrons. The Kier molecular flexibility index (Phi) is 4.52. The minimum absolute atomic E-state index is 0.0122. The Balaban J connectivity index is 2.12. The first-order valence-corrected chi connectivity index (χ1v) is 7.83. The number of hydrogen-bond acceptors (Lipinski definition) is 4. The lowest BCUT2D eigenvalue weighted by Crippen LogP contribution is -2.50. The van der Waals surface area contributed by atoms with E-state index in [9.17, 15) is 4.79 Å². The standard InChI is InChI=1S/C16H28N4O2/c1-15(2,3)13-11(9-18-19-13)12-10-20(8-7-17-12)14(21)22-16(4,5)6/h9,12,17H,7-8,10H2,1-6H3,(H,18,19). The van der Waals surface area contributed by atoms with E-state index in [0.717, 1.165) is 17.8 Å². The molecule has 0 aliphatic carbocycles. The average Bonchev–Trinajstić information content (AvgIpc) is 2.86. The highest BCUT2D eigenvalue weighted by atomic mass is 16.6. The monoisotopic (exact) mass is 308 g/mol. The Labute approximate surface area is 132 Å². The number of piperazine rings is 1. The molecule has 124 valence electrons. The smallest absolute Gasteiger partial charge is 0.410 e. The van der Waals surface area contributed by atoms with E-state index in [1.807, 2.05) is 27.0 Å². The van der Waals surface area contributed by atoms with E-state index in [-0.39, 0.29) is 17.6 Å². The molecule has 0 aromatic carbocycles. The number of ether oxygens (including phenoxy) is 1. The van der Waals surface area contributed by atoms with Gasteiger partial charge in [-0.25, -0.2) is 4.79 Å². The summed E-state index contributed by atoms with van der Waals surface area (Å²) in [6, 6.07) is 0.0780. The normalized spacial score (nSPS) is 20.1. The molecule has 1 saturated heterocycles. The second-order valence-corrected chi connectivity index (χ2v) is 7.88. The van der Waals surface area contributed by atoms with Crippen LogP contribution in [0.1, 0.15) is 58.8 Å². The molecule has 2 N–H and O–H groups in total. The number of amides is 1. The zero-order valence-electron chi connectivity index (χ0n) is 14.5. The number of aromatic amines is 1. The molecule has 6 nitrogen and oxygen atoms in total. The summed E-state index contributed by atoms with van der Waals surface area (Å²) in [7, 11) is 0. The summed E-state index contributed by atoms with van der Waals surface area (Å²) in [6.07, 6.45) is 1.61. The van der Waals surface area contributed by atoms with Gasteiger partial charge in [0.2, 0.25) is 0 Å². The molecule has 0 saturated carbocycles. The zero-order chi connectivity index (χ0) is 16.5.